The quantitative estimate of drug-likeness (QED) is 0.912. The molecule has 2 aromatic rings. The number of hydrogen-bond donors (Lipinski definition) is 1. The summed E-state index contributed by atoms with van der Waals surface area (Å²) in [7, 11) is 0. The molecule has 1 aromatic heterocycles. The van der Waals surface area contributed by atoms with Gasteiger partial charge in [0, 0.05) is 6.20 Å². The Labute approximate surface area is 110 Å². The summed E-state index contributed by atoms with van der Waals surface area (Å²) in [6, 6.07) is 7.75. The molecule has 5 nitrogen and oxygen atoms in total. The van der Waals surface area contributed by atoms with Crippen LogP contribution in [0.1, 0.15) is 28.5 Å². The number of benzene rings is 1. The number of carboxylic acids is 1. The first-order valence-corrected chi connectivity index (χ1v) is 5.94. The number of carbonyl (C=O) groups is 1. The van der Waals surface area contributed by atoms with E-state index in [1.165, 1.54) is 11.8 Å². The third-order valence-electron chi connectivity index (χ3n) is 2.73. The molecule has 0 radical (unpaired) electrons. The van der Waals surface area contributed by atoms with Crippen LogP contribution in [0.5, 0.6) is 11.8 Å². The van der Waals surface area contributed by atoms with Gasteiger partial charge >= 0.3 is 12.0 Å². The van der Waals surface area contributed by atoms with Gasteiger partial charge in [-0.2, -0.15) is 4.98 Å². The highest BCUT2D eigenvalue weighted by molar-refractivity contribution is 5.88. The molecule has 0 aliphatic heterocycles. The number of rotatable bonds is 4. The molecule has 1 heterocycles. The molecule has 98 valence electrons. The smallest absolute Gasteiger partial charge is 0.339 e. The summed E-state index contributed by atoms with van der Waals surface area (Å²) < 4.78 is 5.48. The van der Waals surface area contributed by atoms with Gasteiger partial charge in [-0.05, 0) is 31.0 Å². The van der Waals surface area contributed by atoms with Gasteiger partial charge in [0.1, 0.15) is 5.75 Å². The lowest BCUT2D eigenvalue weighted by molar-refractivity contribution is 0.0695. The number of hydrogen-bond acceptors (Lipinski definition) is 4. The van der Waals surface area contributed by atoms with E-state index in [4.69, 9.17) is 9.84 Å². The Morgan fingerprint density at radius 3 is 2.53 bits per heavy atom. The summed E-state index contributed by atoms with van der Waals surface area (Å²) in [6.07, 6.45) is 2.21. The zero-order valence-electron chi connectivity index (χ0n) is 10.8. The molecule has 2 rings (SSSR count). The van der Waals surface area contributed by atoms with E-state index >= 15 is 0 Å². The molecule has 1 N–H and O–H groups in total. The van der Waals surface area contributed by atoms with Crippen LogP contribution in [0.4, 0.5) is 0 Å². The summed E-state index contributed by atoms with van der Waals surface area (Å²) in [4.78, 5) is 18.7. The highest BCUT2D eigenvalue weighted by atomic mass is 16.5. The van der Waals surface area contributed by atoms with Gasteiger partial charge in [-0.1, -0.05) is 19.1 Å². The van der Waals surface area contributed by atoms with Gasteiger partial charge in [-0.15, -0.1) is 0 Å². The normalized spacial score (nSPS) is 10.2. The molecule has 0 saturated heterocycles. The molecule has 5 heteroatoms. The van der Waals surface area contributed by atoms with E-state index in [-0.39, 0.29) is 11.6 Å². The standard InChI is InChI=1S/C14H14N2O3/c1-3-10-4-6-11(7-5-10)19-14-15-8-12(13(17)18)9(2)16-14/h4-8H,3H2,1-2H3,(H,17,18). The maximum absolute atomic E-state index is 10.8. The van der Waals surface area contributed by atoms with E-state index in [0.717, 1.165) is 6.42 Å². The molecule has 0 atom stereocenters. The average Bonchev–Trinajstić information content (AvgIpc) is 2.39. The summed E-state index contributed by atoms with van der Waals surface area (Å²) in [5.41, 5.74) is 1.67. The van der Waals surface area contributed by atoms with Crippen molar-refractivity contribution in [3.63, 3.8) is 0 Å². The topological polar surface area (TPSA) is 72.3 Å². The summed E-state index contributed by atoms with van der Waals surface area (Å²) in [5.74, 6) is -0.420. The first-order valence-electron chi connectivity index (χ1n) is 5.94. The molecule has 0 amide bonds. The summed E-state index contributed by atoms with van der Waals surface area (Å²) >= 11 is 0. The Morgan fingerprint density at radius 2 is 2.00 bits per heavy atom. The number of carboxylic acid groups (broad SMARTS) is 1. The largest absolute Gasteiger partial charge is 0.478 e. The van der Waals surface area contributed by atoms with E-state index < -0.39 is 5.97 Å². The maximum Gasteiger partial charge on any atom is 0.339 e. The number of nitrogens with zero attached hydrogens (tertiary/aromatic N) is 2. The molecule has 0 saturated carbocycles. The Balaban J connectivity index is 2.18. The summed E-state index contributed by atoms with van der Waals surface area (Å²) in [6.45, 7) is 3.69. The van der Waals surface area contributed by atoms with Crippen molar-refractivity contribution in [2.75, 3.05) is 0 Å². The predicted molar refractivity (Wildman–Crippen MR) is 69.6 cm³/mol. The third kappa shape index (κ3) is 3.07. The second-order valence-electron chi connectivity index (χ2n) is 4.06. The van der Waals surface area contributed by atoms with Gasteiger partial charge < -0.3 is 9.84 Å². The highest BCUT2D eigenvalue weighted by Gasteiger charge is 2.10. The molecule has 1 aromatic carbocycles. The first kappa shape index (κ1) is 13.0. The van der Waals surface area contributed by atoms with Crippen molar-refractivity contribution in [3.05, 3.63) is 47.3 Å². The van der Waals surface area contributed by atoms with Crippen LogP contribution >= 0.6 is 0 Å². The first-order chi connectivity index (χ1) is 9.10. The van der Waals surface area contributed by atoms with Crippen LogP contribution in [0.2, 0.25) is 0 Å². The van der Waals surface area contributed by atoms with Crippen molar-refractivity contribution in [3.8, 4) is 11.8 Å². The zero-order valence-corrected chi connectivity index (χ0v) is 10.8. The minimum Gasteiger partial charge on any atom is -0.478 e. The van der Waals surface area contributed by atoms with E-state index in [0.29, 0.717) is 11.4 Å². The third-order valence-corrected chi connectivity index (χ3v) is 2.73. The molecule has 0 aliphatic carbocycles. The van der Waals surface area contributed by atoms with Crippen LogP contribution in [-0.4, -0.2) is 21.0 Å². The van der Waals surface area contributed by atoms with E-state index in [2.05, 4.69) is 16.9 Å². The van der Waals surface area contributed by atoms with Gasteiger partial charge in [0.25, 0.3) is 0 Å². The lowest BCUT2D eigenvalue weighted by atomic mass is 10.2. The maximum atomic E-state index is 10.8. The van der Waals surface area contributed by atoms with Crippen LogP contribution in [-0.2, 0) is 6.42 Å². The van der Waals surface area contributed by atoms with Crippen LogP contribution in [0.25, 0.3) is 0 Å². The number of aromatic carboxylic acids is 1. The van der Waals surface area contributed by atoms with Crippen LogP contribution < -0.4 is 4.74 Å². The fourth-order valence-electron chi connectivity index (χ4n) is 1.60. The van der Waals surface area contributed by atoms with Crippen LogP contribution in [0.3, 0.4) is 0 Å². The van der Waals surface area contributed by atoms with Gasteiger partial charge in [-0.25, -0.2) is 9.78 Å². The lowest BCUT2D eigenvalue weighted by Gasteiger charge is -2.06. The minimum absolute atomic E-state index is 0.0775. The lowest BCUT2D eigenvalue weighted by Crippen LogP contribution is -2.04. The molecule has 0 bridgehead atoms. The molecule has 19 heavy (non-hydrogen) atoms. The number of aromatic nitrogens is 2. The Kier molecular flexibility index (Phi) is 3.75. The van der Waals surface area contributed by atoms with Crippen LogP contribution in [0, 0.1) is 6.92 Å². The second-order valence-corrected chi connectivity index (χ2v) is 4.06. The van der Waals surface area contributed by atoms with Crippen molar-refractivity contribution in [1.82, 2.24) is 9.97 Å². The number of aryl methyl sites for hydroxylation is 2. The van der Waals surface area contributed by atoms with Crippen molar-refractivity contribution < 1.29 is 14.6 Å². The Bertz CT molecular complexity index is 594. The SMILES string of the molecule is CCc1ccc(Oc2ncc(C(=O)O)c(C)n2)cc1. The van der Waals surface area contributed by atoms with Gasteiger partial charge in [0.2, 0.25) is 0 Å². The fraction of sp³-hybridized carbons (Fsp3) is 0.214. The van der Waals surface area contributed by atoms with Crippen LogP contribution in [0.15, 0.2) is 30.5 Å². The van der Waals surface area contributed by atoms with E-state index in [1.54, 1.807) is 6.92 Å². The van der Waals surface area contributed by atoms with Gasteiger partial charge in [-0.3, -0.25) is 0 Å². The molecule has 0 spiro atoms. The molecule has 0 fully saturated rings. The molecule has 0 unspecified atom stereocenters. The van der Waals surface area contributed by atoms with E-state index in [1.807, 2.05) is 24.3 Å². The minimum atomic E-state index is -1.05. The average molecular weight is 258 g/mol. The number of ether oxygens (including phenoxy) is 1. The molecular formula is C14H14N2O3. The van der Waals surface area contributed by atoms with Crippen molar-refractivity contribution in [2.24, 2.45) is 0 Å². The summed E-state index contributed by atoms with van der Waals surface area (Å²) in [5, 5.41) is 8.88. The highest BCUT2D eigenvalue weighted by Crippen LogP contribution is 2.19. The monoisotopic (exact) mass is 258 g/mol. The Hall–Kier alpha value is -2.43. The molecular weight excluding hydrogens is 244 g/mol. The van der Waals surface area contributed by atoms with Crippen molar-refractivity contribution >= 4 is 5.97 Å². The zero-order chi connectivity index (χ0) is 13.8. The van der Waals surface area contributed by atoms with E-state index in [9.17, 15) is 4.79 Å². The fourth-order valence-corrected chi connectivity index (χ4v) is 1.60. The predicted octanol–water partition coefficient (Wildman–Crippen LogP) is 2.84. The van der Waals surface area contributed by atoms with Crippen molar-refractivity contribution in [1.29, 1.82) is 0 Å². The Morgan fingerprint density at radius 1 is 1.32 bits per heavy atom. The second kappa shape index (κ2) is 5.48. The molecule has 0 aliphatic rings. The van der Waals surface area contributed by atoms with Gasteiger partial charge in [0.05, 0.1) is 11.3 Å². The van der Waals surface area contributed by atoms with Crippen molar-refractivity contribution in [2.45, 2.75) is 20.3 Å². The van der Waals surface area contributed by atoms with Gasteiger partial charge in [0.15, 0.2) is 0 Å².